The van der Waals surface area contributed by atoms with Crippen molar-refractivity contribution < 1.29 is 4.74 Å². The molecule has 1 aromatic carbocycles. The van der Waals surface area contributed by atoms with E-state index in [9.17, 15) is 0 Å². The van der Waals surface area contributed by atoms with E-state index in [2.05, 4.69) is 29.1 Å². The van der Waals surface area contributed by atoms with Crippen molar-refractivity contribution in [3.05, 3.63) is 24.3 Å². The van der Waals surface area contributed by atoms with Gasteiger partial charge in [0.2, 0.25) is 11.8 Å². The van der Waals surface area contributed by atoms with Crippen LogP contribution in [0.5, 0.6) is 5.88 Å². The Kier molecular flexibility index (Phi) is 4.34. The molecule has 2 aromatic rings. The van der Waals surface area contributed by atoms with Crippen molar-refractivity contribution in [2.75, 3.05) is 18.5 Å². The molecule has 96 valence electrons. The van der Waals surface area contributed by atoms with Gasteiger partial charge in [-0.1, -0.05) is 26.0 Å². The highest BCUT2D eigenvalue weighted by Crippen LogP contribution is 2.23. The molecule has 4 nitrogen and oxygen atoms in total. The average molecular weight is 245 g/mol. The van der Waals surface area contributed by atoms with Crippen LogP contribution in [0.25, 0.3) is 10.9 Å². The van der Waals surface area contributed by atoms with Gasteiger partial charge in [-0.2, -0.15) is 4.98 Å². The van der Waals surface area contributed by atoms with E-state index in [-0.39, 0.29) is 0 Å². The lowest BCUT2D eigenvalue weighted by molar-refractivity contribution is 0.309. The third-order valence-electron chi connectivity index (χ3n) is 2.54. The van der Waals surface area contributed by atoms with Crippen LogP contribution in [-0.2, 0) is 0 Å². The number of aromatic nitrogens is 2. The van der Waals surface area contributed by atoms with Gasteiger partial charge in [0, 0.05) is 6.54 Å². The van der Waals surface area contributed by atoms with Crippen LogP contribution in [0.2, 0.25) is 0 Å². The van der Waals surface area contributed by atoms with Gasteiger partial charge in [0.25, 0.3) is 0 Å². The molecule has 0 radical (unpaired) electrons. The van der Waals surface area contributed by atoms with Crippen molar-refractivity contribution >= 4 is 16.9 Å². The summed E-state index contributed by atoms with van der Waals surface area (Å²) in [5.41, 5.74) is 0.914. The number of fused-ring (bicyclic) bond motifs is 1. The van der Waals surface area contributed by atoms with Crippen LogP contribution in [0.3, 0.4) is 0 Å². The number of rotatable bonds is 6. The van der Waals surface area contributed by atoms with E-state index in [0.29, 0.717) is 18.4 Å². The molecule has 0 saturated carbocycles. The summed E-state index contributed by atoms with van der Waals surface area (Å²) in [6.07, 6.45) is 2.01. The van der Waals surface area contributed by atoms with E-state index in [1.165, 1.54) is 0 Å². The van der Waals surface area contributed by atoms with Gasteiger partial charge in [0.15, 0.2) is 0 Å². The number of benzene rings is 1. The number of para-hydroxylation sites is 1. The maximum Gasteiger partial charge on any atom is 0.226 e. The number of ether oxygens (including phenoxy) is 1. The van der Waals surface area contributed by atoms with Crippen LogP contribution in [0.4, 0.5) is 5.95 Å². The molecule has 0 bridgehead atoms. The quantitative estimate of drug-likeness (QED) is 0.848. The summed E-state index contributed by atoms with van der Waals surface area (Å²) in [5, 5.41) is 4.17. The van der Waals surface area contributed by atoms with Gasteiger partial charge in [0.05, 0.1) is 17.5 Å². The van der Waals surface area contributed by atoms with Gasteiger partial charge in [-0.3, -0.25) is 0 Å². The first-order chi connectivity index (χ1) is 8.85. The Morgan fingerprint density at radius 2 is 1.94 bits per heavy atom. The van der Waals surface area contributed by atoms with Crippen molar-refractivity contribution in [3.8, 4) is 5.88 Å². The molecule has 1 heterocycles. The zero-order chi connectivity index (χ0) is 12.8. The molecule has 0 aliphatic rings. The second-order valence-corrected chi connectivity index (χ2v) is 4.14. The van der Waals surface area contributed by atoms with Crippen molar-refractivity contribution in [1.29, 1.82) is 0 Å². The van der Waals surface area contributed by atoms with Gasteiger partial charge in [-0.25, -0.2) is 4.98 Å². The third kappa shape index (κ3) is 2.88. The van der Waals surface area contributed by atoms with Crippen LogP contribution in [-0.4, -0.2) is 23.1 Å². The number of nitrogens with one attached hydrogen (secondary N) is 1. The highest BCUT2D eigenvalue weighted by Gasteiger charge is 2.07. The predicted molar refractivity (Wildman–Crippen MR) is 74.1 cm³/mol. The maximum atomic E-state index is 5.70. The minimum Gasteiger partial charge on any atom is -0.477 e. The maximum absolute atomic E-state index is 5.70. The molecule has 0 unspecified atom stereocenters. The monoisotopic (exact) mass is 245 g/mol. The molecule has 4 heteroatoms. The fraction of sp³-hybridized carbons (Fsp3) is 0.429. The van der Waals surface area contributed by atoms with Crippen LogP contribution in [0.1, 0.15) is 26.7 Å². The fourth-order valence-electron chi connectivity index (χ4n) is 1.67. The summed E-state index contributed by atoms with van der Waals surface area (Å²) in [6, 6.07) is 7.92. The SMILES string of the molecule is CCCNc1nc(OCCC)c2ccccc2n1. The van der Waals surface area contributed by atoms with E-state index >= 15 is 0 Å². The molecular formula is C14H19N3O. The molecule has 0 atom stereocenters. The van der Waals surface area contributed by atoms with Crippen molar-refractivity contribution in [2.45, 2.75) is 26.7 Å². The Bertz CT molecular complexity index is 513. The Morgan fingerprint density at radius 1 is 1.11 bits per heavy atom. The van der Waals surface area contributed by atoms with Crippen molar-refractivity contribution in [1.82, 2.24) is 9.97 Å². The second kappa shape index (κ2) is 6.19. The summed E-state index contributed by atoms with van der Waals surface area (Å²) in [4.78, 5) is 8.91. The molecule has 18 heavy (non-hydrogen) atoms. The van der Waals surface area contributed by atoms with E-state index in [4.69, 9.17) is 4.74 Å². The summed E-state index contributed by atoms with van der Waals surface area (Å²) in [6.45, 7) is 5.74. The Hall–Kier alpha value is -1.84. The molecule has 0 fully saturated rings. The van der Waals surface area contributed by atoms with Gasteiger partial charge in [-0.05, 0) is 25.0 Å². The zero-order valence-corrected chi connectivity index (χ0v) is 10.9. The lowest BCUT2D eigenvalue weighted by atomic mass is 10.2. The molecule has 1 N–H and O–H groups in total. The van der Waals surface area contributed by atoms with Crippen LogP contribution >= 0.6 is 0 Å². The lowest BCUT2D eigenvalue weighted by Crippen LogP contribution is -2.07. The van der Waals surface area contributed by atoms with Gasteiger partial charge in [0.1, 0.15) is 0 Å². The van der Waals surface area contributed by atoms with Gasteiger partial charge >= 0.3 is 0 Å². The second-order valence-electron chi connectivity index (χ2n) is 4.14. The zero-order valence-electron chi connectivity index (χ0n) is 10.9. The summed E-state index contributed by atoms with van der Waals surface area (Å²) in [5.74, 6) is 1.31. The van der Waals surface area contributed by atoms with E-state index < -0.39 is 0 Å². The molecule has 1 aromatic heterocycles. The first kappa shape index (κ1) is 12.6. The van der Waals surface area contributed by atoms with Crippen LogP contribution in [0.15, 0.2) is 24.3 Å². The van der Waals surface area contributed by atoms with Crippen molar-refractivity contribution in [3.63, 3.8) is 0 Å². The Labute approximate surface area is 107 Å². The number of anilines is 1. The fourth-order valence-corrected chi connectivity index (χ4v) is 1.67. The lowest BCUT2D eigenvalue weighted by Gasteiger charge is -2.10. The Balaban J connectivity index is 2.36. The number of hydrogen-bond donors (Lipinski definition) is 1. The highest BCUT2D eigenvalue weighted by molar-refractivity contribution is 5.84. The minimum absolute atomic E-state index is 0.640. The molecule has 2 rings (SSSR count). The minimum atomic E-state index is 0.640. The van der Waals surface area contributed by atoms with Gasteiger partial charge < -0.3 is 10.1 Å². The standard InChI is InChI=1S/C14H19N3O/c1-3-9-15-14-16-12-8-6-5-7-11(12)13(17-14)18-10-4-2/h5-8H,3-4,9-10H2,1-2H3,(H,15,16,17). The molecule has 0 aliphatic carbocycles. The Morgan fingerprint density at radius 3 is 2.72 bits per heavy atom. The molecule has 0 amide bonds. The first-order valence-electron chi connectivity index (χ1n) is 6.48. The first-order valence-corrected chi connectivity index (χ1v) is 6.48. The number of hydrogen-bond acceptors (Lipinski definition) is 4. The van der Waals surface area contributed by atoms with Gasteiger partial charge in [-0.15, -0.1) is 0 Å². The predicted octanol–water partition coefficient (Wildman–Crippen LogP) is 3.24. The summed E-state index contributed by atoms with van der Waals surface area (Å²) >= 11 is 0. The van der Waals surface area contributed by atoms with Crippen molar-refractivity contribution in [2.24, 2.45) is 0 Å². The third-order valence-corrected chi connectivity index (χ3v) is 2.54. The largest absolute Gasteiger partial charge is 0.477 e. The molecule has 0 spiro atoms. The summed E-state index contributed by atoms with van der Waals surface area (Å²) < 4.78 is 5.70. The highest BCUT2D eigenvalue weighted by atomic mass is 16.5. The molecule has 0 saturated heterocycles. The average Bonchev–Trinajstić information content (AvgIpc) is 2.42. The summed E-state index contributed by atoms with van der Waals surface area (Å²) in [7, 11) is 0. The number of nitrogens with zero attached hydrogens (tertiary/aromatic N) is 2. The van der Waals surface area contributed by atoms with E-state index in [1.54, 1.807) is 0 Å². The van der Waals surface area contributed by atoms with Crippen LogP contribution in [0, 0.1) is 0 Å². The smallest absolute Gasteiger partial charge is 0.226 e. The molecule has 0 aliphatic heterocycles. The normalized spacial score (nSPS) is 10.6. The molecular weight excluding hydrogens is 226 g/mol. The topological polar surface area (TPSA) is 47.0 Å². The van der Waals surface area contributed by atoms with Crippen LogP contribution < -0.4 is 10.1 Å². The van der Waals surface area contributed by atoms with E-state index in [1.807, 2.05) is 24.3 Å². The van der Waals surface area contributed by atoms with E-state index in [0.717, 1.165) is 30.3 Å².